The number of hydrogen-bond acceptors (Lipinski definition) is 5. The molecule has 1 saturated heterocycles. The first kappa shape index (κ1) is 16.9. The number of aromatic nitrogens is 3. The second-order valence-electron chi connectivity index (χ2n) is 6.38. The maximum absolute atomic E-state index is 12.6. The van der Waals surface area contributed by atoms with Crippen LogP contribution in [0.4, 0.5) is 4.79 Å². The van der Waals surface area contributed by atoms with Crippen molar-refractivity contribution in [2.45, 2.75) is 25.8 Å². The molecule has 130 valence electrons. The number of aryl methyl sites for hydroxylation is 2. The highest BCUT2D eigenvalue weighted by Gasteiger charge is 2.36. The number of hydrogen-bond donors (Lipinski definition) is 2. The largest absolute Gasteiger partial charge is 0.396 e. The molecule has 2 aromatic heterocycles. The monoisotopic (exact) mass is 349 g/mol. The van der Waals surface area contributed by atoms with Crippen LogP contribution in [-0.4, -0.2) is 50.5 Å². The van der Waals surface area contributed by atoms with Crippen molar-refractivity contribution in [2.75, 3.05) is 19.7 Å². The number of rotatable bonds is 4. The van der Waals surface area contributed by atoms with Crippen molar-refractivity contribution < 1.29 is 9.90 Å². The van der Waals surface area contributed by atoms with Crippen molar-refractivity contribution in [3.8, 4) is 0 Å². The Morgan fingerprint density at radius 2 is 2.29 bits per heavy atom. The molecular formula is C16H23N5O2S. The van der Waals surface area contributed by atoms with E-state index in [-0.39, 0.29) is 30.5 Å². The van der Waals surface area contributed by atoms with Crippen LogP contribution in [0.25, 0.3) is 0 Å². The fraction of sp³-hybridized carbons (Fsp3) is 0.562. The second kappa shape index (κ2) is 6.90. The predicted octanol–water partition coefficient (Wildman–Crippen LogP) is 1.66. The molecule has 2 amide bonds. The van der Waals surface area contributed by atoms with Crippen LogP contribution in [-0.2, 0) is 7.05 Å². The lowest BCUT2D eigenvalue weighted by atomic mass is 9.92. The third-order valence-corrected chi connectivity index (χ3v) is 5.56. The third kappa shape index (κ3) is 3.44. The van der Waals surface area contributed by atoms with E-state index in [1.54, 1.807) is 20.9 Å². The lowest BCUT2D eigenvalue weighted by Gasteiger charge is -2.20. The van der Waals surface area contributed by atoms with Gasteiger partial charge in [0.1, 0.15) is 5.01 Å². The molecule has 0 spiro atoms. The minimum absolute atomic E-state index is 0.0392. The number of aliphatic hydroxyl groups excluding tert-OH is 1. The molecule has 7 nitrogen and oxygen atoms in total. The van der Waals surface area contributed by atoms with E-state index in [0.29, 0.717) is 13.1 Å². The average Bonchev–Trinajstić information content (AvgIpc) is 3.25. The first-order valence-electron chi connectivity index (χ1n) is 8.05. The Morgan fingerprint density at radius 3 is 2.88 bits per heavy atom. The molecule has 0 aromatic carbocycles. The van der Waals surface area contributed by atoms with Crippen molar-refractivity contribution in [1.82, 2.24) is 25.0 Å². The van der Waals surface area contributed by atoms with E-state index >= 15 is 0 Å². The minimum atomic E-state index is -0.124. The molecule has 2 N–H and O–H groups in total. The van der Waals surface area contributed by atoms with Crippen LogP contribution in [0.1, 0.15) is 34.3 Å². The molecule has 8 heteroatoms. The van der Waals surface area contributed by atoms with E-state index in [1.165, 1.54) is 0 Å². The van der Waals surface area contributed by atoms with E-state index in [2.05, 4.69) is 15.4 Å². The smallest absolute Gasteiger partial charge is 0.317 e. The minimum Gasteiger partial charge on any atom is -0.396 e. The number of likely N-dealkylation sites (tertiary alicyclic amines) is 1. The van der Waals surface area contributed by atoms with Crippen LogP contribution in [0, 0.1) is 12.8 Å². The van der Waals surface area contributed by atoms with Crippen molar-refractivity contribution in [3.63, 3.8) is 0 Å². The molecule has 24 heavy (non-hydrogen) atoms. The zero-order chi connectivity index (χ0) is 17.3. The van der Waals surface area contributed by atoms with Gasteiger partial charge in [0.05, 0.1) is 12.2 Å². The third-order valence-electron chi connectivity index (χ3n) is 4.47. The van der Waals surface area contributed by atoms with E-state index in [9.17, 15) is 9.90 Å². The standard InChI is InChI=1S/C16H23N5O2S/c1-10-4-17-15(24-10)11(2)19-16(23)21-7-13(9-22)14(8-21)12-5-18-20(3)6-12/h4-6,11,13-14,22H,7-9H2,1-3H3,(H,19,23)/t11?,13-,14-/m0/s1. The molecule has 0 saturated carbocycles. The molecule has 0 radical (unpaired) electrons. The van der Waals surface area contributed by atoms with Crippen molar-refractivity contribution in [3.05, 3.63) is 34.0 Å². The van der Waals surface area contributed by atoms with Crippen LogP contribution in [0.5, 0.6) is 0 Å². The van der Waals surface area contributed by atoms with Gasteiger partial charge in [-0.1, -0.05) is 0 Å². The van der Waals surface area contributed by atoms with E-state index < -0.39 is 0 Å². The topological polar surface area (TPSA) is 83.3 Å². The first-order valence-corrected chi connectivity index (χ1v) is 8.86. The fourth-order valence-electron chi connectivity index (χ4n) is 3.14. The zero-order valence-electron chi connectivity index (χ0n) is 14.1. The van der Waals surface area contributed by atoms with Gasteiger partial charge < -0.3 is 15.3 Å². The van der Waals surface area contributed by atoms with Gasteiger partial charge in [-0.15, -0.1) is 11.3 Å². The van der Waals surface area contributed by atoms with Gasteiger partial charge in [0.2, 0.25) is 0 Å². The molecule has 0 bridgehead atoms. The fourth-order valence-corrected chi connectivity index (χ4v) is 3.92. The van der Waals surface area contributed by atoms with Gasteiger partial charge in [-0.05, 0) is 19.4 Å². The number of amides is 2. The molecule has 2 aromatic rings. The SMILES string of the molecule is Cc1cnc(C(C)NC(=O)N2C[C@@H](CO)[C@H](c3cnn(C)c3)C2)s1. The van der Waals surface area contributed by atoms with Gasteiger partial charge in [0.15, 0.2) is 0 Å². The molecule has 1 unspecified atom stereocenters. The molecular weight excluding hydrogens is 326 g/mol. The van der Waals surface area contributed by atoms with Gasteiger partial charge in [-0.2, -0.15) is 5.10 Å². The number of nitrogens with zero attached hydrogens (tertiary/aromatic N) is 4. The maximum atomic E-state index is 12.6. The van der Waals surface area contributed by atoms with E-state index in [4.69, 9.17) is 0 Å². The van der Waals surface area contributed by atoms with Crippen LogP contribution in [0.3, 0.4) is 0 Å². The van der Waals surface area contributed by atoms with E-state index in [0.717, 1.165) is 15.4 Å². The molecule has 1 aliphatic rings. The molecule has 3 rings (SSSR count). The Bertz CT molecular complexity index is 713. The summed E-state index contributed by atoms with van der Waals surface area (Å²) in [5, 5.41) is 17.8. The molecule has 1 aliphatic heterocycles. The number of carbonyl (C=O) groups is 1. The van der Waals surface area contributed by atoms with Crippen LogP contribution in [0.2, 0.25) is 0 Å². The Balaban J connectivity index is 1.65. The summed E-state index contributed by atoms with van der Waals surface area (Å²) in [6.45, 7) is 5.14. The summed E-state index contributed by atoms with van der Waals surface area (Å²) in [6.07, 6.45) is 5.59. The Morgan fingerprint density at radius 1 is 1.50 bits per heavy atom. The Hall–Kier alpha value is -1.93. The second-order valence-corrected chi connectivity index (χ2v) is 7.65. The van der Waals surface area contributed by atoms with Gasteiger partial charge in [-0.25, -0.2) is 9.78 Å². The van der Waals surface area contributed by atoms with Crippen LogP contribution >= 0.6 is 11.3 Å². The summed E-state index contributed by atoms with van der Waals surface area (Å²) < 4.78 is 1.75. The van der Waals surface area contributed by atoms with E-state index in [1.807, 2.05) is 39.5 Å². The van der Waals surface area contributed by atoms with Gasteiger partial charge in [-0.3, -0.25) is 4.68 Å². The summed E-state index contributed by atoms with van der Waals surface area (Å²) in [6, 6.07) is -0.235. The van der Waals surface area contributed by atoms with Gasteiger partial charge in [0.25, 0.3) is 0 Å². The summed E-state index contributed by atoms with van der Waals surface area (Å²) in [7, 11) is 1.87. The summed E-state index contributed by atoms with van der Waals surface area (Å²) in [5.41, 5.74) is 1.07. The summed E-state index contributed by atoms with van der Waals surface area (Å²) >= 11 is 1.59. The van der Waals surface area contributed by atoms with Gasteiger partial charge >= 0.3 is 6.03 Å². The highest BCUT2D eigenvalue weighted by molar-refractivity contribution is 7.11. The molecule has 1 fully saturated rings. The summed E-state index contributed by atoms with van der Waals surface area (Å²) in [5.74, 6) is 0.157. The highest BCUT2D eigenvalue weighted by Crippen LogP contribution is 2.32. The Labute approximate surface area is 145 Å². The van der Waals surface area contributed by atoms with Crippen molar-refractivity contribution in [1.29, 1.82) is 0 Å². The van der Waals surface area contributed by atoms with Crippen LogP contribution in [0.15, 0.2) is 18.6 Å². The number of urea groups is 1. The van der Waals surface area contributed by atoms with Crippen molar-refractivity contribution in [2.24, 2.45) is 13.0 Å². The average molecular weight is 349 g/mol. The lowest BCUT2D eigenvalue weighted by Crippen LogP contribution is -2.40. The lowest BCUT2D eigenvalue weighted by molar-refractivity contribution is 0.195. The zero-order valence-corrected chi connectivity index (χ0v) is 15.0. The highest BCUT2D eigenvalue weighted by atomic mass is 32.1. The first-order chi connectivity index (χ1) is 11.5. The van der Waals surface area contributed by atoms with Crippen LogP contribution < -0.4 is 5.32 Å². The summed E-state index contributed by atoms with van der Waals surface area (Å²) in [4.78, 5) is 19.8. The maximum Gasteiger partial charge on any atom is 0.317 e. The Kier molecular flexibility index (Phi) is 4.86. The number of nitrogens with one attached hydrogen (secondary N) is 1. The molecule has 0 aliphatic carbocycles. The number of thiazole rings is 1. The number of aliphatic hydroxyl groups is 1. The normalized spacial score (nSPS) is 21.9. The predicted molar refractivity (Wildman–Crippen MR) is 91.9 cm³/mol. The molecule has 3 heterocycles. The van der Waals surface area contributed by atoms with Crippen molar-refractivity contribution >= 4 is 17.4 Å². The number of carbonyl (C=O) groups excluding carboxylic acids is 1. The molecule has 3 atom stereocenters. The quantitative estimate of drug-likeness (QED) is 0.879. The van der Waals surface area contributed by atoms with Gasteiger partial charge in [0, 0.05) is 55.9 Å².